The molecule has 1 amide bonds. The average molecular weight is 299 g/mol. The van der Waals surface area contributed by atoms with Crippen LogP contribution in [-0.2, 0) is 19.0 Å². The molecule has 2 heterocycles. The average Bonchev–Trinajstić information content (AvgIpc) is 3.11. The van der Waals surface area contributed by atoms with Crippen molar-refractivity contribution in [3.8, 4) is 0 Å². The highest BCUT2D eigenvalue weighted by Gasteiger charge is 2.53. The summed E-state index contributed by atoms with van der Waals surface area (Å²) in [7, 11) is 0. The molecule has 2 saturated heterocycles. The van der Waals surface area contributed by atoms with Gasteiger partial charge in [-0.25, -0.2) is 4.79 Å². The highest BCUT2D eigenvalue weighted by Crippen LogP contribution is 2.44. The molecule has 0 saturated carbocycles. The maximum Gasteiger partial charge on any atom is 0.410 e. The van der Waals surface area contributed by atoms with Gasteiger partial charge in [0.15, 0.2) is 0 Å². The first kappa shape index (κ1) is 16.1. The van der Waals surface area contributed by atoms with Crippen molar-refractivity contribution in [3.05, 3.63) is 0 Å². The minimum absolute atomic E-state index is 0.0503. The van der Waals surface area contributed by atoms with Gasteiger partial charge >= 0.3 is 12.1 Å². The van der Waals surface area contributed by atoms with Crippen LogP contribution in [0.3, 0.4) is 0 Å². The Kier molecular flexibility index (Phi) is 4.46. The second kappa shape index (κ2) is 5.83. The highest BCUT2D eigenvalue weighted by atomic mass is 16.6. The lowest BCUT2D eigenvalue weighted by molar-refractivity contribution is -0.146. The maximum absolute atomic E-state index is 12.1. The zero-order valence-electron chi connectivity index (χ0n) is 13.3. The number of likely N-dealkylation sites (tertiary alicyclic amines) is 1. The standard InChI is InChI=1S/C15H25NO5/c1-5-19-12(17)8-15(11-9-20-11)6-7-16(10-15)13(18)21-14(2,3)4/h11H,5-10H2,1-4H3. The molecule has 2 unspecified atom stereocenters. The lowest BCUT2D eigenvalue weighted by atomic mass is 9.80. The van der Waals surface area contributed by atoms with Crippen LogP contribution in [0.2, 0.25) is 0 Å². The first-order valence-corrected chi connectivity index (χ1v) is 7.51. The van der Waals surface area contributed by atoms with E-state index in [1.54, 1.807) is 11.8 Å². The van der Waals surface area contributed by atoms with E-state index in [9.17, 15) is 9.59 Å². The van der Waals surface area contributed by atoms with Gasteiger partial charge in [-0.15, -0.1) is 0 Å². The molecule has 0 aliphatic carbocycles. The molecule has 0 aromatic heterocycles. The Morgan fingerprint density at radius 3 is 2.57 bits per heavy atom. The second-order valence-corrected chi connectivity index (χ2v) is 6.82. The van der Waals surface area contributed by atoms with Crippen LogP contribution in [0.25, 0.3) is 0 Å². The van der Waals surface area contributed by atoms with Gasteiger partial charge in [0.05, 0.1) is 25.7 Å². The van der Waals surface area contributed by atoms with E-state index < -0.39 is 5.60 Å². The first-order valence-electron chi connectivity index (χ1n) is 7.51. The molecule has 2 rings (SSSR count). The predicted octanol–water partition coefficient (Wildman–Crippen LogP) is 1.97. The monoisotopic (exact) mass is 299 g/mol. The predicted molar refractivity (Wildman–Crippen MR) is 75.8 cm³/mol. The van der Waals surface area contributed by atoms with E-state index in [2.05, 4.69) is 0 Å². The molecule has 0 aromatic carbocycles. The molecule has 0 radical (unpaired) electrons. The molecule has 6 nitrogen and oxygen atoms in total. The Morgan fingerprint density at radius 1 is 1.38 bits per heavy atom. The lowest BCUT2D eigenvalue weighted by Crippen LogP contribution is -2.39. The summed E-state index contributed by atoms with van der Waals surface area (Å²) in [5.74, 6) is -0.223. The van der Waals surface area contributed by atoms with E-state index in [1.165, 1.54) is 0 Å². The zero-order valence-corrected chi connectivity index (χ0v) is 13.3. The Bertz CT molecular complexity index is 413. The van der Waals surface area contributed by atoms with Crippen molar-refractivity contribution >= 4 is 12.1 Å². The smallest absolute Gasteiger partial charge is 0.410 e. The van der Waals surface area contributed by atoms with Crippen LogP contribution in [0, 0.1) is 5.41 Å². The number of hydrogen-bond donors (Lipinski definition) is 0. The quantitative estimate of drug-likeness (QED) is 0.586. The number of epoxide rings is 1. The SMILES string of the molecule is CCOC(=O)CC1(C2CO2)CCN(C(=O)OC(C)(C)C)C1. The molecule has 6 heteroatoms. The van der Waals surface area contributed by atoms with Crippen molar-refractivity contribution in [2.45, 2.75) is 52.2 Å². The van der Waals surface area contributed by atoms with E-state index in [1.807, 2.05) is 20.8 Å². The van der Waals surface area contributed by atoms with E-state index in [0.717, 1.165) is 6.42 Å². The minimum atomic E-state index is -0.514. The summed E-state index contributed by atoms with van der Waals surface area (Å²) >= 11 is 0. The largest absolute Gasteiger partial charge is 0.466 e. The summed E-state index contributed by atoms with van der Waals surface area (Å²) in [6.45, 7) is 9.43. The summed E-state index contributed by atoms with van der Waals surface area (Å²) < 4.78 is 15.9. The summed E-state index contributed by atoms with van der Waals surface area (Å²) in [5, 5.41) is 0. The molecule has 2 fully saturated rings. The summed E-state index contributed by atoms with van der Waals surface area (Å²) in [6, 6.07) is 0. The molecule has 21 heavy (non-hydrogen) atoms. The third-order valence-electron chi connectivity index (χ3n) is 3.86. The Morgan fingerprint density at radius 2 is 2.05 bits per heavy atom. The van der Waals surface area contributed by atoms with Crippen LogP contribution >= 0.6 is 0 Å². The summed E-state index contributed by atoms with van der Waals surface area (Å²) in [4.78, 5) is 25.7. The van der Waals surface area contributed by atoms with Crippen LogP contribution in [0.4, 0.5) is 4.79 Å². The van der Waals surface area contributed by atoms with Crippen LogP contribution in [-0.4, -0.2) is 55.0 Å². The molecular formula is C15H25NO5. The van der Waals surface area contributed by atoms with Crippen molar-refractivity contribution in [2.75, 3.05) is 26.3 Å². The van der Waals surface area contributed by atoms with Crippen molar-refractivity contribution < 1.29 is 23.8 Å². The van der Waals surface area contributed by atoms with Gasteiger partial charge in [0.1, 0.15) is 5.60 Å². The number of carbonyl (C=O) groups is 2. The Labute approximate surface area is 125 Å². The number of nitrogens with zero attached hydrogens (tertiary/aromatic N) is 1. The highest BCUT2D eigenvalue weighted by molar-refractivity contribution is 5.72. The van der Waals surface area contributed by atoms with Crippen molar-refractivity contribution in [2.24, 2.45) is 5.41 Å². The molecule has 2 aliphatic rings. The molecule has 120 valence electrons. The fourth-order valence-corrected chi connectivity index (χ4v) is 2.80. The van der Waals surface area contributed by atoms with Gasteiger partial charge in [0.2, 0.25) is 0 Å². The Balaban J connectivity index is 1.99. The van der Waals surface area contributed by atoms with Crippen LogP contribution < -0.4 is 0 Å². The molecule has 2 atom stereocenters. The topological polar surface area (TPSA) is 68.4 Å². The van der Waals surface area contributed by atoms with Crippen LogP contribution in [0.15, 0.2) is 0 Å². The molecule has 0 aromatic rings. The number of hydrogen-bond acceptors (Lipinski definition) is 5. The molecule has 2 aliphatic heterocycles. The first-order chi connectivity index (χ1) is 9.76. The fourth-order valence-electron chi connectivity index (χ4n) is 2.80. The van der Waals surface area contributed by atoms with Gasteiger partial charge in [0.25, 0.3) is 0 Å². The summed E-state index contributed by atoms with van der Waals surface area (Å²) in [6.07, 6.45) is 0.767. The van der Waals surface area contributed by atoms with Gasteiger partial charge in [-0.1, -0.05) is 0 Å². The number of esters is 1. The number of carbonyl (C=O) groups excluding carboxylic acids is 2. The van der Waals surface area contributed by atoms with E-state index >= 15 is 0 Å². The van der Waals surface area contributed by atoms with Gasteiger partial charge in [-0.3, -0.25) is 4.79 Å². The van der Waals surface area contributed by atoms with Crippen molar-refractivity contribution in [1.29, 1.82) is 0 Å². The van der Waals surface area contributed by atoms with Gasteiger partial charge < -0.3 is 19.1 Å². The van der Waals surface area contributed by atoms with Gasteiger partial charge in [-0.05, 0) is 34.1 Å². The van der Waals surface area contributed by atoms with Gasteiger partial charge in [0, 0.05) is 18.5 Å². The van der Waals surface area contributed by atoms with E-state index in [-0.39, 0.29) is 23.6 Å². The molecule has 0 N–H and O–H groups in total. The number of rotatable bonds is 4. The van der Waals surface area contributed by atoms with Crippen molar-refractivity contribution in [3.63, 3.8) is 0 Å². The third kappa shape index (κ3) is 4.09. The Hall–Kier alpha value is -1.30. The number of ether oxygens (including phenoxy) is 3. The molecular weight excluding hydrogens is 274 g/mol. The molecule has 0 spiro atoms. The van der Waals surface area contributed by atoms with Gasteiger partial charge in [-0.2, -0.15) is 0 Å². The van der Waals surface area contributed by atoms with E-state index in [0.29, 0.717) is 32.7 Å². The summed E-state index contributed by atoms with van der Waals surface area (Å²) in [5.41, 5.74) is -0.831. The van der Waals surface area contributed by atoms with E-state index in [4.69, 9.17) is 14.2 Å². The van der Waals surface area contributed by atoms with Crippen molar-refractivity contribution in [1.82, 2.24) is 4.90 Å². The second-order valence-electron chi connectivity index (χ2n) is 6.82. The number of amides is 1. The lowest BCUT2D eigenvalue weighted by Gasteiger charge is -2.28. The molecule has 0 bridgehead atoms. The van der Waals surface area contributed by atoms with Crippen LogP contribution in [0.5, 0.6) is 0 Å². The van der Waals surface area contributed by atoms with Crippen LogP contribution in [0.1, 0.15) is 40.5 Å². The maximum atomic E-state index is 12.1. The normalized spacial score (nSPS) is 28.4. The minimum Gasteiger partial charge on any atom is -0.466 e. The third-order valence-corrected chi connectivity index (χ3v) is 3.86. The zero-order chi connectivity index (χ0) is 15.7. The fraction of sp³-hybridized carbons (Fsp3) is 0.867.